The van der Waals surface area contributed by atoms with Crippen molar-refractivity contribution in [3.63, 3.8) is 0 Å². The molecule has 0 bridgehead atoms. The summed E-state index contributed by atoms with van der Waals surface area (Å²) in [7, 11) is 0. The SMILES string of the molecule is CSc1ccc(-c2nc(-c3ccccn3)no2)cc1. The highest BCUT2D eigenvalue weighted by Gasteiger charge is 2.10. The minimum atomic E-state index is 0.504. The van der Waals surface area contributed by atoms with Gasteiger partial charge in [-0.05, 0) is 42.7 Å². The van der Waals surface area contributed by atoms with Crippen LogP contribution in [0.25, 0.3) is 23.0 Å². The minimum Gasteiger partial charge on any atom is -0.334 e. The molecule has 3 aromatic rings. The summed E-state index contributed by atoms with van der Waals surface area (Å²) in [5, 5.41) is 3.95. The average Bonchev–Trinajstić information content (AvgIpc) is 2.98. The monoisotopic (exact) mass is 269 g/mol. The Labute approximate surface area is 114 Å². The first-order chi connectivity index (χ1) is 9.36. The lowest BCUT2D eigenvalue weighted by Crippen LogP contribution is -1.84. The third-order valence-corrected chi connectivity index (χ3v) is 3.40. The molecule has 94 valence electrons. The van der Waals surface area contributed by atoms with Crippen molar-refractivity contribution in [1.29, 1.82) is 0 Å². The smallest absolute Gasteiger partial charge is 0.258 e. The Hall–Kier alpha value is -2.14. The molecule has 19 heavy (non-hydrogen) atoms. The molecule has 0 atom stereocenters. The molecule has 0 saturated heterocycles. The largest absolute Gasteiger partial charge is 0.334 e. The quantitative estimate of drug-likeness (QED) is 0.681. The lowest BCUT2D eigenvalue weighted by Gasteiger charge is -1.96. The van der Waals surface area contributed by atoms with E-state index >= 15 is 0 Å². The van der Waals surface area contributed by atoms with Crippen LogP contribution in [0.1, 0.15) is 0 Å². The zero-order valence-electron chi connectivity index (χ0n) is 10.3. The van der Waals surface area contributed by atoms with Crippen molar-refractivity contribution in [1.82, 2.24) is 15.1 Å². The van der Waals surface area contributed by atoms with Crippen LogP contribution >= 0.6 is 11.8 Å². The molecular weight excluding hydrogens is 258 g/mol. The normalized spacial score (nSPS) is 10.6. The fourth-order valence-corrected chi connectivity index (χ4v) is 2.08. The Morgan fingerprint density at radius 3 is 2.58 bits per heavy atom. The fourth-order valence-electron chi connectivity index (χ4n) is 1.67. The molecule has 2 aromatic heterocycles. The zero-order valence-corrected chi connectivity index (χ0v) is 11.1. The summed E-state index contributed by atoms with van der Waals surface area (Å²) < 4.78 is 5.27. The Bertz CT molecular complexity index is 665. The number of rotatable bonds is 3. The van der Waals surface area contributed by atoms with Gasteiger partial charge in [-0.3, -0.25) is 4.98 Å². The van der Waals surface area contributed by atoms with Gasteiger partial charge >= 0.3 is 0 Å². The van der Waals surface area contributed by atoms with Crippen LogP contribution in [0.5, 0.6) is 0 Å². The molecule has 2 heterocycles. The maximum absolute atomic E-state index is 5.27. The molecule has 0 aliphatic rings. The van der Waals surface area contributed by atoms with Gasteiger partial charge in [0.2, 0.25) is 5.82 Å². The average molecular weight is 269 g/mol. The first kappa shape index (κ1) is 11.9. The molecule has 4 nitrogen and oxygen atoms in total. The molecule has 0 N–H and O–H groups in total. The van der Waals surface area contributed by atoms with Crippen LogP contribution < -0.4 is 0 Å². The Balaban J connectivity index is 1.92. The zero-order chi connectivity index (χ0) is 13.1. The number of benzene rings is 1. The lowest BCUT2D eigenvalue weighted by molar-refractivity contribution is 0.432. The van der Waals surface area contributed by atoms with E-state index in [1.165, 1.54) is 4.90 Å². The van der Waals surface area contributed by atoms with Gasteiger partial charge in [-0.25, -0.2) is 0 Å². The second-order valence-corrected chi connectivity index (χ2v) is 4.75. The van der Waals surface area contributed by atoms with Crippen molar-refractivity contribution in [2.75, 3.05) is 6.26 Å². The Kier molecular flexibility index (Phi) is 3.29. The van der Waals surface area contributed by atoms with Gasteiger partial charge in [0, 0.05) is 16.7 Å². The van der Waals surface area contributed by atoms with Crippen LogP contribution in [0.3, 0.4) is 0 Å². The molecule has 1 aromatic carbocycles. The van der Waals surface area contributed by atoms with Gasteiger partial charge in [0.05, 0.1) is 0 Å². The summed E-state index contributed by atoms with van der Waals surface area (Å²) in [5.74, 6) is 1.01. The predicted molar refractivity (Wildman–Crippen MR) is 74.7 cm³/mol. The first-order valence-corrected chi connectivity index (χ1v) is 6.99. The first-order valence-electron chi connectivity index (χ1n) is 5.76. The summed E-state index contributed by atoms with van der Waals surface area (Å²) in [5.41, 5.74) is 1.62. The highest BCUT2D eigenvalue weighted by Crippen LogP contribution is 2.23. The highest BCUT2D eigenvalue weighted by molar-refractivity contribution is 7.98. The van der Waals surface area contributed by atoms with Crippen LogP contribution in [0, 0.1) is 0 Å². The number of aromatic nitrogens is 3. The van der Waals surface area contributed by atoms with Gasteiger partial charge < -0.3 is 4.52 Å². The third-order valence-electron chi connectivity index (χ3n) is 2.66. The van der Waals surface area contributed by atoms with Crippen molar-refractivity contribution in [2.45, 2.75) is 4.90 Å². The van der Waals surface area contributed by atoms with Crippen molar-refractivity contribution in [2.24, 2.45) is 0 Å². The predicted octanol–water partition coefficient (Wildman–Crippen LogP) is 3.52. The summed E-state index contributed by atoms with van der Waals surface area (Å²) in [6.07, 6.45) is 3.75. The van der Waals surface area contributed by atoms with Crippen LogP contribution in [0.2, 0.25) is 0 Å². The molecule has 0 amide bonds. The van der Waals surface area contributed by atoms with Crippen molar-refractivity contribution in [3.05, 3.63) is 48.7 Å². The number of thioether (sulfide) groups is 1. The van der Waals surface area contributed by atoms with Crippen LogP contribution in [-0.4, -0.2) is 21.4 Å². The van der Waals surface area contributed by atoms with Gasteiger partial charge in [0.25, 0.3) is 5.89 Å². The molecule has 0 saturated carbocycles. The van der Waals surface area contributed by atoms with Crippen LogP contribution in [0.15, 0.2) is 58.1 Å². The number of hydrogen-bond donors (Lipinski definition) is 0. The van der Waals surface area contributed by atoms with E-state index in [2.05, 4.69) is 15.1 Å². The van der Waals surface area contributed by atoms with E-state index in [-0.39, 0.29) is 0 Å². The topological polar surface area (TPSA) is 51.8 Å². The number of pyridine rings is 1. The number of nitrogens with zero attached hydrogens (tertiary/aromatic N) is 3. The van der Waals surface area contributed by atoms with Gasteiger partial charge in [-0.2, -0.15) is 4.98 Å². The van der Waals surface area contributed by atoms with Gasteiger partial charge in [-0.15, -0.1) is 11.8 Å². The molecule has 0 unspecified atom stereocenters. The lowest BCUT2D eigenvalue weighted by atomic mass is 10.2. The second-order valence-electron chi connectivity index (χ2n) is 3.87. The third kappa shape index (κ3) is 2.51. The second kappa shape index (κ2) is 5.24. The molecule has 5 heteroatoms. The molecule has 0 fully saturated rings. The standard InChI is InChI=1S/C14H11N3OS/c1-19-11-7-5-10(6-8-11)14-16-13(17-18-14)12-4-2-3-9-15-12/h2-9H,1H3. The molecule has 0 aliphatic heterocycles. The van der Waals surface area contributed by atoms with Crippen molar-refractivity contribution < 1.29 is 4.52 Å². The van der Waals surface area contributed by atoms with E-state index in [0.29, 0.717) is 17.4 Å². The van der Waals surface area contributed by atoms with Crippen LogP contribution in [-0.2, 0) is 0 Å². The summed E-state index contributed by atoms with van der Waals surface area (Å²) >= 11 is 1.70. The Morgan fingerprint density at radius 1 is 1.05 bits per heavy atom. The molecular formula is C14H11N3OS. The highest BCUT2D eigenvalue weighted by atomic mass is 32.2. The van der Waals surface area contributed by atoms with E-state index in [4.69, 9.17) is 4.52 Å². The van der Waals surface area contributed by atoms with E-state index in [1.54, 1.807) is 18.0 Å². The van der Waals surface area contributed by atoms with Gasteiger partial charge in [-0.1, -0.05) is 11.2 Å². The van der Waals surface area contributed by atoms with Crippen LogP contribution in [0.4, 0.5) is 0 Å². The summed E-state index contributed by atoms with van der Waals surface area (Å²) in [4.78, 5) is 9.76. The van der Waals surface area contributed by atoms with E-state index in [0.717, 1.165) is 5.56 Å². The maximum atomic E-state index is 5.27. The van der Waals surface area contributed by atoms with E-state index in [9.17, 15) is 0 Å². The molecule has 0 spiro atoms. The van der Waals surface area contributed by atoms with Crippen molar-refractivity contribution in [3.8, 4) is 23.0 Å². The van der Waals surface area contributed by atoms with Gasteiger partial charge in [0.1, 0.15) is 5.69 Å². The minimum absolute atomic E-state index is 0.504. The Morgan fingerprint density at radius 2 is 1.89 bits per heavy atom. The van der Waals surface area contributed by atoms with Crippen molar-refractivity contribution >= 4 is 11.8 Å². The maximum Gasteiger partial charge on any atom is 0.258 e. The van der Waals surface area contributed by atoms with Gasteiger partial charge in [0.15, 0.2) is 0 Å². The molecule has 0 aliphatic carbocycles. The fraction of sp³-hybridized carbons (Fsp3) is 0.0714. The summed E-state index contributed by atoms with van der Waals surface area (Å²) in [6, 6.07) is 13.6. The molecule has 0 radical (unpaired) electrons. The molecule has 3 rings (SSSR count). The summed E-state index contributed by atoms with van der Waals surface area (Å²) in [6.45, 7) is 0. The number of hydrogen-bond acceptors (Lipinski definition) is 5. The van der Waals surface area contributed by atoms with E-state index < -0.39 is 0 Å². The van der Waals surface area contributed by atoms with E-state index in [1.807, 2.05) is 48.7 Å².